The van der Waals surface area contributed by atoms with Crippen LogP contribution in [0.1, 0.15) is 49.9 Å². The largest absolute Gasteiger partial charge is 0.444 e. The monoisotopic (exact) mass is 447 g/mol. The summed E-state index contributed by atoms with van der Waals surface area (Å²) in [4.78, 5) is 38.7. The maximum atomic E-state index is 12.6. The molecular weight excluding hydrogens is 422 g/mol. The standard InChI is InChI=1S/C21H26ClN5O4/c1-12-18(30-7-6-27(12)20(29)31-21(2,3)4)13-8-15(26-17(22)9-13)14-10-16(19(28)23-5)25-11-24-14/h8-12,18H,6-7H2,1-5H3,(H,23,28)/t12-,18+/m0/s1. The Morgan fingerprint density at radius 3 is 2.65 bits per heavy atom. The Kier molecular flexibility index (Phi) is 6.76. The Bertz CT molecular complexity index is 978. The Hall–Kier alpha value is -2.78. The summed E-state index contributed by atoms with van der Waals surface area (Å²) in [5, 5.41) is 2.77. The highest BCUT2D eigenvalue weighted by molar-refractivity contribution is 6.29. The lowest BCUT2D eigenvalue weighted by molar-refractivity contribution is -0.0723. The summed E-state index contributed by atoms with van der Waals surface area (Å²) >= 11 is 6.29. The number of rotatable bonds is 3. The van der Waals surface area contributed by atoms with Gasteiger partial charge in [-0.15, -0.1) is 0 Å². The summed E-state index contributed by atoms with van der Waals surface area (Å²) in [5.74, 6) is -0.330. The van der Waals surface area contributed by atoms with Crippen molar-refractivity contribution in [2.24, 2.45) is 0 Å². The molecule has 0 unspecified atom stereocenters. The van der Waals surface area contributed by atoms with E-state index in [0.717, 1.165) is 5.56 Å². The van der Waals surface area contributed by atoms with Gasteiger partial charge in [0, 0.05) is 13.6 Å². The molecule has 2 amide bonds. The second kappa shape index (κ2) is 9.15. The van der Waals surface area contributed by atoms with Crippen molar-refractivity contribution in [2.75, 3.05) is 20.2 Å². The van der Waals surface area contributed by atoms with Crippen LogP contribution in [0.25, 0.3) is 11.4 Å². The number of nitrogens with one attached hydrogen (secondary N) is 1. The van der Waals surface area contributed by atoms with Crippen molar-refractivity contribution < 1.29 is 19.1 Å². The predicted octanol–water partition coefficient (Wildman–Crippen LogP) is 3.25. The van der Waals surface area contributed by atoms with Gasteiger partial charge < -0.3 is 19.7 Å². The minimum atomic E-state index is -0.590. The first-order valence-electron chi connectivity index (χ1n) is 9.92. The summed E-state index contributed by atoms with van der Waals surface area (Å²) in [6, 6.07) is 4.74. The van der Waals surface area contributed by atoms with E-state index in [2.05, 4.69) is 20.3 Å². The number of nitrogens with zero attached hydrogens (tertiary/aromatic N) is 4. The zero-order valence-corrected chi connectivity index (χ0v) is 18.9. The van der Waals surface area contributed by atoms with E-state index in [0.29, 0.717) is 24.5 Å². The Balaban J connectivity index is 1.91. The van der Waals surface area contributed by atoms with E-state index in [-0.39, 0.29) is 28.9 Å². The van der Waals surface area contributed by atoms with Gasteiger partial charge in [-0.2, -0.15) is 0 Å². The van der Waals surface area contributed by atoms with Crippen LogP contribution in [0.15, 0.2) is 24.5 Å². The molecule has 1 N–H and O–H groups in total. The van der Waals surface area contributed by atoms with Crippen molar-refractivity contribution in [3.05, 3.63) is 40.9 Å². The summed E-state index contributed by atoms with van der Waals surface area (Å²) < 4.78 is 11.5. The Morgan fingerprint density at radius 1 is 1.23 bits per heavy atom. The minimum absolute atomic E-state index is 0.217. The zero-order valence-electron chi connectivity index (χ0n) is 18.2. The number of pyridine rings is 1. The van der Waals surface area contributed by atoms with Gasteiger partial charge in [-0.1, -0.05) is 11.6 Å². The molecule has 2 atom stereocenters. The van der Waals surface area contributed by atoms with Crippen LogP contribution in [0.5, 0.6) is 0 Å². The molecule has 1 saturated heterocycles. The van der Waals surface area contributed by atoms with Crippen molar-refractivity contribution in [1.82, 2.24) is 25.2 Å². The van der Waals surface area contributed by atoms with Crippen molar-refractivity contribution >= 4 is 23.6 Å². The van der Waals surface area contributed by atoms with E-state index in [4.69, 9.17) is 21.1 Å². The maximum Gasteiger partial charge on any atom is 0.410 e. The van der Waals surface area contributed by atoms with E-state index in [1.54, 1.807) is 23.1 Å². The van der Waals surface area contributed by atoms with E-state index in [9.17, 15) is 9.59 Å². The first-order valence-corrected chi connectivity index (χ1v) is 10.3. The van der Waals surface area contributed by atoms with E-state index in [1.165, 1.54) is 13.4 Å². The molecule has 0 radical (unpaired) electrons. The topological polar surface area (TPSA) is 107 Å². The number of aromatic nitrogens is 3. The number of hydrogen-bond acceptors (Lipinski definition) is 7. The number of carbonyl (C=O) groups excluding carboxylic acids is 2. The zero-order chi connectivity index (χ0) is 22.8. The van der Waals surface area contributed by atoms with Gasteiger partial charge in [0.1, 0.15) is 28.9 Å². The number of morpholine rings is 1. The summed E-state index contributed by atoms with van der Waals surface area (Å²) in [6.07, 6.45) is 0.479. The molecule has 0 aliphatic carbocycles. The molecule has 0 spiro atoms. The van der Waals surface area contributed by atoms with Gasteiger partial charge in [0.15, 0.2) is 0 Å². The van der Waals surface area contributed by atoms with Gasteiger partial charge >= 0.3 is 6.09 Å². The highest BCUT2D eigenvalue weighted by atomic mass is 35.5. The SMILES string of the molecule is CNC(=O)c1cc(-c2cc([C@@H]3OCCN(C(=O)OC(C)(C)C)[C@H]3C)cc(Cl)n2)ncn1. The molecular formula is C21H26ClN5O4. The second-order valence-electron chi connectivity index (χ2n) is 8.18. The first kappa shape index (κ1) is 22.9. The van der Waals surface area contributed by atoms with E-state index < -0.39 is 11.7 Å². The van der Waals surface area contributed by atoms with Crippen LogP contribution >= 0.6 is 11.6 Å². The predicted molar refractivity (Wildman–Crippen MR) is 115 cm³/mol. The van der Waals surface area contributed by atoms with Crippen LogP contribution < -0.4 is 5.32 Å². The molecule has 1 aliphatic rings. The molecule has 2 aromatic rings. The third-order valence-corrected chi connectivity index (χ3v) is 4.92. The molecule has 9 nitrogen and oxygen atoms in total. The number of carbonyl (C=O) groups is 2. The Morgan fingerprint density at radius 2 is 1.97 bits per heavy atom. The fourth-order valence-electron chi connectivity index (χ4n) is 3.30. The van der Waals surface area contributed by atoms with E-state index in [1.807, 2.05) is 27.7 Å². The number of amides is 2. The third kappa shape index (κ3) is 5.48. The molecule has 3 heterocycles. The minimum Gasteiger partial charge on any atom is -0.444 e. The van der Waals surface area contributed by atoms with Crippen LogP contribution in [0.3, 0.4) is 0 Å². The van der Waals surface area contributed by atoms with Gasteiger partial charge in [0.25, 0.3) is 5.91 Å². The fraction of sp³-hybridized carbons (Fsp3) is 0.476. The molecule has 1 aliphatic heterocycles. The van der Waals surface area contributed by atoms with Gasteiger partial charge in [-0.3, -0.25) is 4.79 Å². The molecule has 2 aromatic heterocycles. The molecule has 31 heavy (non-hydrogen) atoms. The lowest BCUT2D eigenvalue weighted by Gasteiger charge is -2.40. The lowest BCUT2D eigenvalue weighted by atomic mass is 10.0. The van der Waals surface area contributed by atoms with Crippen LogP contribution in [-0.2, 0) is 9.47 Å². The van der Waals surface area contributed by atoms with Gasteiger partial charge in [0.05, 0.1) is 24.0 Å². The fourth-order valence-corrected chi connectivity index (χ4v) is 3.52. The van der Waals surface area contributed by atoms with Crippen molar-refractivity contribution in [2.45, 2.75) is 45.4 Å². The summed E-state index contributed by atoms with van der Waals surface area (Å²) in [5.41, 5.74) is 1.29. The van der Waals surface area contributed by atoms with Crippen molar-refractivity contribution in [3.63, 3.8) is 0 Å². The average Bonchev–Trinajstić information content (AvgIpc) is 2.71. The number of halogens is 1. The highest BCUT2D eigenvalue weighted by Crippen LogP contribution is 2.32. The van der Waals surface area contributed by atoms with Crippen molar-refractivity contribution in [1.29, 1.82) is 0 Å². The highest BCUT2D eigenvalue weighted by Gasteiger charge is 2.35. The smallest absolute Gasteiger partial charge is 0.410 e. The maximum absolute atomic E-state index is 12.6. The third-order valence-electron chi connectivity index (χ3n) is 4.72. The molecule has 0 saturated carbocycles. The quantitative estimate of drug-likeness (QED) is 0.719. The molecule has 3 rings (SSSR count). The number of ether oxygens (including phenoxy) is 2. The van der Waals surface area contributed by atoms with Gasteiger partial charge in [-0.25, -0.2) is 19.7 Å². The first-order chi connectivity index (χ1) is 14.6. The Labute approximate surface area is 186 Å². The second-order valence-corrected chi connectivity index (χ2v) is 8.57. The normalized spacial score (nSPS) is 19.1. The number of hydrogen-bond donors (Lipinski definition) is 1. The van der Waals surface area contributed by atoms with Crippen LogP contribution in [-0.4, -0.2) is 63.7 Å². The van der Waals surface area contributed by atoms with Crippen LogP contribution in [0.4, 0.5) is 4.79 Å². The summed E-state index contributed by atoms with van der Waals surface area (Å²) in [7, 11) is 1.53. The average molecular weight is 448 g/mol. The molecule has 0 bridgehead atoms. The molecule has 1 fully saturated rings. The van der Waals surface area contributed by atoms with Crippen LogP contribution in [0, 0.1) is 0 Å². The van der Waals surface area contributed by atoms with Gasteiger partial charge in [0.2, 0.25) is 0 Å². The lowest BCUT2D eigenvalue weighted by Crippen LogP contribution is -2.50. The molecule has 0 aromatic carbocycles. The molecule has 166 valence electrons. The summed E-state index contributed by atoms with van der Waals surface area (Å²) in [6.45, 7) is 8.18. The van der Waals surface area contributed by atoms with Crippen LogP contribution in [0.2, 0.25) is 5.15 Å². The van der Waals surface area contributed by atoms with Gasteiger partial charge in [-0.05, 0) is 51.5 Å². The van der Waals surface area contributed by atoms with E-state index >= 15 is 0 Å². The molecule has 10 heteroatoms. The van der Waals surface area contributed by atoms with Crippen molar-refractivity contribution in [3.8, 4) is 11.4 Å².